The molecular weight excluding hydrogens is 298 g/mol. The Balaban J connectivity index is 2.19. The lowest BCUT2D eigenvalue weighted by atomic mass is 10.0. The molecule has 0 saturated carbocycles. The van der Waals surface area contributed by atoms with E-state index in [2.05, 4.69) is 5.16 Å². The first-order chi connectivity index (χ1) is 10.0. The monoisotopic (exact) mass is 306 g/mol. The number of nitrogens with two attached hydrogens (primary N) is 1. The number of anilines is 1. The molecule has 0 unspecified atom stereocenters. The van der Waals surface area contributed by atoms with Gasteiger partial charge in [-0.05, 0) is 29.8 Å². The molecule has 0 aliphatic heterocycles. The van der Waals surface area contributed by atoms with Gasteiger partial charge in [0.1, 0.15) is 17.3 Å². The molecular formula is C15H9ClF2N2O. The lowest BCUT2D eigenvalue weighted by Crippen LogP contribution is -1.89. The van der Waals surface area contributed by atoms with Gasteiger partial charge in [-0.1, -0.05) is 28.9 Å². The summed E-state index contributed by atoms with van der Waals surface area (Å²) in [6.07, 6.45) is 0. The molecule has 0 radical (unpaired) electrons. The summed E-state index contributed by atoms with van der Waals surface area (Å²) < 4.78 is 31.7. The molecule has 0 fully saturated rings. The highest BCUT2D eigenvalue weighted by atomic mass is 35.5. The first kappa shape index (κ1) is 13.6. The van der Waals surface area contributed by atoms with Crippen molar-refractivity contribution in [3.8, 4) is 22.4 Å². The van der Waals surface area contributed by atoms with Gasteiger partial charge < -0.3 is 10.3 Å². The molecule has 0 atom stereocenters. The van der Waals surface area contributed by atoms with E-state index in [4.69, 9.17) is 21.9 Å². The third-order valence-corrected chi connectivity index (χ3v) is 3.24. The summed E-state index contributed by atoms with van der Waals surface area (Å²) in [5.74, 6) is -1.33. The lowest BCUT2D eigenvalue weighted by molar-refractivity contribution is 0.439. The van der Waals surface area contributed by atoms with Crippen LogP contribution in [0.25, 0.3) is 22.4 Å². The molecule has 3 nitrogen and oxygen atoms in total. The fraction of sp³-hybridized carbons (Fsp3) is 0. The smallest absolute Gasteiger partial charge is 0.230 e. The highest BCUT2D eigenvalue weighted by molar-refractivity contribution is 6.30. The van der Waals surface area contributed by atoms with Crippen molar-refractivity contribution in [1.82, 2.24) is 5.16 Å². The minimum Gasteiger partial charge on any atom is -0.367 e. The van der Waals surface area contributed by atoms with Crippen LogP contribution in [0.2, 0.25) is 5.02 Å². The Morgan fingerprint density at radius 1 is 0.952 bits per heavy atom. The Bertz CT molecular complexity index is 780. The van der Waals surface area contributed by atoms with Gasteiger partial charge in [-0.2, -0.15) is 0 Å². The zero-order valence-electron chi connectivity index (χ0n) is 10.6. The van der Waals surface area contributed by atoms with Crippen LogP contribution in [0.1, 0.15) is 0 Å². The van der Waals surface area contributed by atoms with E-state index in [0.717, 1.165) is 6.07 Å². The normalized spacial score (nSPS) is 10.8. The summed E-state index contributed by atoms with van der Waals surface area (Å²) in [6.45, 7) is 0. The predicted molar refractivity (Wildman–Crippen MR) is 76.7 cm³/mol. The molecule has 3 rings (SSSR count). The number of nitrogens with zero attached hydrogens (tertiary/aromatic N) is 1. The first-order valence-corrected chi connectivity index (χ1v) is 6.40. The quantitative estimate of drug-likeness (QED) is 0.757. The second-order valence-corrected chi connectivity index (χ2v) is 4.87. The summed E-state index contributed by atoms with van der Waals surface area (Å²) in [4.78, 5) is 0. The van der Waals surface area contributed by atoms with E-state index in [1.807, 2.05) is 0 Å². The Hall–Kier alpha value is -2.40. The van der Waals surface area contributed by atoms with Gasteiger partial charge in [-0.25, -0.2) is 8.78 Å². The molecule has 3 aromatic rings. The summed E-state index contributed by atoms with van der Waals surface area (Å²) in [6, 6.07) is 9.93. The largest absolute Gasteiger partial charge is 0.367 e. The van der Waals surface area contributed by atoms with Crippen molar-refractivity contribution < 1.29 is 13.3 Å². The van der Waals surface area contributed by atoms with Crippen LogP contribution in [0.3, 0.4) is 0 Å². The molecule has 0 saturated heterocycles. The molecule has 0 amide bonds. The van der Waals surface area contributed by atoms with Crippen LogP contribution in [0, 0.1) is 11.6 Å². The zero-order chi connectivity index (χ0) is 15.0. The standard InChI is InChI=1S/C15H9ClF2N2O/c16-10-3-1-8(2-4-10)13-14(20-21-15(13)19)9-5-11(17)7-12(18)6-9/h1-7H,19H2. The summed E-state index contributed by atoms with van der Waals surface area (Å²) in [5.41, 5.74) is 7.46. The van der Waals surface area contributed by atoms with E-state index in [0.29, 0.717) is 16.1 Å². The van der Waals surface area contributed by atoms with Crippen molar-refractivity contribution in [3.05, 3.63) is 59.1 Å². The summed E-state index contributed by atoms with van der Waals surface area (Å²) >= 11 is 5.84. The van der Waals surface area contributed by atoms with Crippen LogP contribution in [0.15, 0.2) is 47.0 Å². The van der Waals surface area contributed by atoms with Crippen LogP contribution in [0.5, 0.6) is 0 Å². The topological polar surface area (TPSA) is 52.0 Å². The van der Waals surface area contributed by atoms with Gasteiger partial charge in [0.15, 0.2) is 0 Å². The Labute approximate surface area is 123 Å². The Morgan fingerprint density at radius 3 is 2.19 bits per heavy atom. The van der Waals surface area contributed by atoms with Gasteiger partial charge in [0.25, 0.3) is 0 Å². The maximum atomic E-state index is 13.4. The van der Waals surface area contributed by atoms with Gasteiger partial charge in [-0.3, -0.25) is 0 Å². The second-order valence-electron chi connectivity index (χ2n) is 4.44. The molecule has 0 bridgehead atoms. The molecule has 21 heavy (non-hydrogen) atoms. The number of hydrogen-bond acceptors (Lipinski definition) is 3. The minimum absolute atomic E-state index is 0.0667. The minimum atomic E-state index is -0.700. The molecule has 106 valence electrons. The average molecular weight is 307 g/mol. The van der Waals surface area contributed by atoms with E-state index in [1.54, 1.807) is 24.3 Å². The van der Waals surface area contributed by atoms with Crippen molar-refractivity contribution in [3.63, 3.8) is 0 Å². The maximum Gasteiger partial charge on any atom is 0.230 e. The second kappa shape index (κ2) is 5.18. The maximum absolute atomic E-state index is 13.4. The molecule has 2 N–H and O–H groups in total. The Kier molecular flexibility index (Phi) is 3.35. The third-order valence-electron chi connectivity index (χ3n) is 2.99. The van der Waals surface area contributed by atoms with Gasteiger partial charge in [0.05, 0.1) is 5.56 Å². The SMILES string of the molecule is Nc1onc(-c2cc(F)cc(F)c2)c1-c1ccc(Cl)cc1. The molecule has 0 aliphatic rings. The van der Waals surface area contributed by atoms with Crippen molar-refractivity contribution in [2.75, 3.05) is 5.73 Å². The van der Waals surface area contributed by atoms with E-state index in [-0.39, 0.29) is 17.1 Å². The third kappa shape index (κ3) is 2.60. The van der Waals surface area contributed by atoms with Crippen molar-refractivity contribution in [2.24, 2.45) is 0 Å². The number of benzene rings is 2. The molecule has 0 spiro atoms. The van der Waals surface area contributed by atoms with Crippen LogP contribution in [0.4, 0.5) is 14.7 Å². The lowest BCUT2D eigenvalue weighted by Gasteiger charge is -2.04. The highest BCUT2D eigenvalue weighted by Crippen LogP contribution is 2.36. The average Bonchev–Trinajstić information content (AvgIpc) is 2.80. The summed E-state index contributed by atoms with van der Waals surface area (Å²) in [7, 11) is 0. The molecule has 1 heterocycles. The zero-order valence-corrected chi connectivity index (χ0v) is 11.4. The number of halogens is 3. The van der Waals surface area contributed by atoms with E-state index in [1.165, 1.54) is 12.1 Å². The molecule has 6 heteroatoms. The highest BCUT2D eigenvalue weighted by Gasteiger charge is 2.18. The fourth-order valence-electron chi connectivity index (χ4n) is 2.09. The van der Waals surface area contributed by atoms with Crippen molar-refractivity contribution in [1.29, 1.82) is 0 Å². The molecule has 2 aromatic carbocycles. The van der Waals surface area contributed by atoms with Gasteiger partial charge >= 0.3 is 0 Å². The van der Waals surface area contributed by atoms with Crippen LogP contribution >= 0.6 is 11.6 Å². The molecule has 0 aliphatic carbocycles. The van der Waals surface area contributed by atoms with Gasteiger partial charge in [-0.15, -0.1) is 0 Å². The number of rotatable bonds is 2. The predicted octanol–water partition coefficient (Wildman–Crippen LogP) is 4.52. The van der Waals surface area contributed by atoms with Gasteiger partial charge in [0.2, 0.25) is 5.88 Å². The number of hydrogen-bond donors (Lipinski definition) is 1. The first-order valence-electron chi connectivity index (χ1n) is 6.02. The van der Waals surface area contributed by atoms with E-state index in [9.17, 15) is 8.78 Å². The fourth-order valence-corrected chi connectivity index (χ4v) is 2.21. The van der Waals surface area contributed by atoms with Gasteiger partial charge in [0, 0.05) is 16.7 Å². The number of aromatic nitrogens is 1. The van der Waals surface area contributed by atoms with E-state index >= 15 is 0 Å². The summed E-state index contributed by atoms with van der Waals surface area (Å²) in [5, 5.41) is 4.36. The van der Waals surface area contributed by atoms with Crippen molar-refractivity contribution >= 4 is 17.5 Å². The van der Waals surface area contributed by atoms with E-state index < -0.39 is 11.6 Å². The van der Waals surface area contributed by atoms with Crippen molar-refractivity contribution in [2.45, 2.75) is 0 Å². The molecule has 1 aromatic heterocycles. The number of nitrogen functional groups attached to an aromatic ring is 1. The Morgan fingerprint density at radius 2 is 1.57 bits per heavy atom. The van der Waals surface area contributed by atoms with Crippen LogP contribution < -0.4 is 5.73 Å². The van der Waals surface area contributed by atoms with Crippen LogP contribution in [-0.4, -0.2) is 5.16 Å². The van der Waals surface area contributed by atoms with Crippen LogP contribution in [-0.2, 0) is 0 Å².